The number of nitrogens with zero attached hydrogens (tertiary/aromatic N) is 3. The van der Waals surface area contributed by atoms with Crippen molar-refractivity contribution in [3.8, 4) is 0 Å². The number of carbonyl (C=O) groups is 1. The SMILES string of the molecule is Cc1cnc(CN(C)C(=O)[C@@H](c2ccc(F)cc2)N(C)C)[nH]1. The minimum atomic E-state index is -0.457. The van der Waals surface area contributed by atoms with Crippen LogP contribution >= 0.6 is 0 Å². The summed E-state index contributed by atoms with van der Waals surface area (Å²) in [6, 6.07) is 5.57. The van der Waals surface area contributed by atoms with E-state index in [1.165, 1.54) is 12.1 Å². The predicted molar refractivity (Wildman–Crippen MR) is 82.6 cm³/mol. The Balaban J connectivity index is 2.17. The van der Waals surface area contributed by atoms with E-state index in [1.54, 1.807) is 30.3 Å². The molecule has 0 saturated heterocycles. The summed E-state index contributed by atoms with van der Waals surface area (Å²) >= 11 is 0. The normalized spacial score (nSPS) is 12.5. The number of amides is 1. The van der Waals surface area contributed by atoms with Crippen molar-refractivity contribution in [3.05, 3.63) is 53.4 Å². The van der Waals surface area contributed by atoms with Crippen molar-refractivity contribution < 1.29 is 9.18 Å². The molecule has 0 spiro atoms. The second-order valence-corrected chi connectivity index (χ2v) is 5.62. The van der Waals surface area contributed by atoms with Crippen molar-refractivity contribution in [3.63, 3.8) is 0 Å². The van der Waals surface area contributed by atoms with Crippen molar-refractivity contribution in [1.82, 2.24) is 19.8 Å². The molecule has 1 heterocycles. The molecular formula is C16H21FN4O. The maximum Gasteiger partial charge on any atom is 0.244 e. The maximum atomic E-state index is 13.1. The number of imidazole rings is 1. The molecule has 2 aromatic rings. The van der Waals surface area contributed by atoms with Gasteiger partial charge in [-0.25, -0.2) is 9.37 Å². The number of benzene rings is 1. The summed E-state index contributed by atoms with van der Waals surface area (Å²) in [5.74, 6) is 0.365. The summed E-state index contributed by atoms with van der Waals surface area (Å²) in [4.78, 5) is 23.5. The van der Waals surface area contributed by atoms with Crippen molar-refractivity contribution in [2.75, 3.05) is 21.1 Å². The minimum Gasteiger partial charge on any atom is -0.345 e. The summed E-state index contributed by atoms with van der Waals surface area (Å²) in [5.41, 5.74) is 1.72. The summed E-state index contributed by atoms with van der Waals surface area (Å²) in [7, 11) is 5.40. The zero-order chi connectivity index (χ0) is 16.3. The maximum absolute atomic E-state index is 13.1. The number of H-pyrrole nitrogens is 1. The van der Waals surface area contributed by atoms with Gasteiger partial charge in [0, 0.05) is 18.9 Å². The van der Waals surface area contributed by atoms with Crippen LogP contribution in [0.5, 0.6) is 0 Å². The van der Waals surface area contributed by atoms with Crippen LogP contribution in [0.1, 0.15) is 23.1 Å². The van der Waals surface area contributed by atoms with Gasteiger partial charge >= 0.3 is 0 Å². The zero-order valence-electron chi connectivity index (χ0n) is 13.3. The van der Waals surface area contributed by atoms with Gasteiger partial charge in [0.05, 0.1) is 6.54 Å². The lowest BCUT2D eigenvalue weighted by molar-refractivity contribution is -0.135. The lowest BCUT2D eigenvalue weighted by atomic mass is 10.0. The van der Waals surface area contributed by atoms with Gasteiger partial charge < -0.3 is 9.88 Å². The third-order valence-electron chi connectivity index (χ3n) is 3.45. The standard InChI is InChI=1S/C16H21FN4O/c1-11-9-18-14(19-11)10-21(4)16(22)15(20(2)3)12-5-7-13(17)8-6-12/h5-9,15H,10H2,1-4H3,(H,18,19)/t15-/m1/s1. The van der Waals surface area contributed by atoms with Crippen molar-refractivity contribution in [2.24, 2.45) is 0 Å². The molecule has 5 nitrogen and oxygen atoms in total. The Kier molecular flexibility index (Phi) is 4.92. The van der Waals surface area contributed by atoms with Crippen LogP contribution in [0.15, 0.2) is 30.5 Å². The Labute approximate surface area is 129 Å². The number of rotatable bonds is 5. The molecule has 1 aromatic carbocycles. The van der Waals surface area contributed by atoms with E-state index in [4.69, 9.17) is 0 Å². The van der Waals surface area contributed by atoms with E-state index >= 15 is 0 Å². The van der Waals surface area contributed by atoms with E-state index in [2.05, 4.69) is 9.97 Å². The Hall–Kier alpha value is -2.21. The molecule has 0 bridgehead atoms. The van der Waals surface area contributed by atoms with Gasteiger partial charge in [-0.3, -0.25) is 9.69 Å². The van der Waals surface area contributed by atoms with Crippen molar-refractivity contribution in [2.45, 2.75) is 19.5 Å². The first kappa shape index (κ1) is 16.2. The average Bonchev–Trinajstić information content (AvgIpc) is 2.86. The summed E-state index contributed by atoms with van der Waals surface area (Å²) in [6.45, 7) is 2.32. The van der Waals surface area contributed by atoms with Gasteiger partial charge in [-0.05, 0) is 38.7 Å². The molecule has 1 aromatic heterocycles. The quantitative estimate of drug-likeness (QED) is 0.920. The van der Waals surface area contributed by atoms with Gasteiger partial charge in [-0.15, -0.1) is 0 Å². The molecule has 0 aliphatic heterocycles. The van der Waals surface area contributed by atoms with E-state index < -0.39 is 6.04 Å². The number of aryl methyl sites for hydroxylation is 1. The van der Waals surface area contributed by atoms with Crippen LogP contribution < -0.4 is 0 Å². The highest BCUT2D eigenvalue weighted by molar-refractivity contribution is 5.83. The molecule has 0 unspecified atom stereocenters. The number of aromatic amines is 1. The van der Waals surface area contributed by atoms with Gasteiger partial charge in [0.25, 0.3) is 0 Å². The predicted octanol–water partition coefficient (Wildman–Crippen LogP) is 2.12. The molecule has 0 saturated carbocycles. The first-order valence-electron chi connectivity index (χ1n) is 7.06. The average molecular weight is 304 g/mol. The first-order chi connectivity index (χ1) is 10.4. The van der Waals surface area contributed by atoms with Crippen LogP contribution in [0.4, 0.5) is 4.39 Å². The minimum absolute atomic E-state index is 0.0642. The molecule has 0 radical (unpaired) electrons. The van der Waals surface area contributed by atoms with Crippen molar-refractivity contribution >= 4 is 5.91 Å². The van der Waals surface area contributed by atoms with Crippen LogP contribution in [0.2, 0.25) is 0 Å². The lowest BCUT2D eigenvalue weighted by Gasteiger charge is -2.28. The number of carbonyl (C=O) groups excluding carboxylic acids is 1. The lowest BCUT2D eigenvalue weighted by Crippen LogP contribution is -2.38. The largest absolute Gasteiger partial charge is 0.345 e. The number of hydrogen-bond acceptors (Lipinski definition) is 3. The molecular weight excluding hydrogens is 283 g/mol. The molecule has 0 aliphatic rings. The zero-order valence-corrected chi connectivity index (χ0v) is 13.3. The third-order valence-corrected chi connectivity index (χ3v) is 3.45. The molecule has 6 heteroatoms. The summed E-state index contributed by atoms with van der Waals surface area (Å²) in [5, 5.41) is 0. The van der Waals surface area contributed by atoms with Gasteiger partial charge in [0.2, 0.25) is 5.91 Å². The number of hydrogen-bond donors (Lipinski definition) is 1. The van der Waals surface area contributed by atoms with E-state index in [0.717, 1.165) is 17.1 Å². The van der Waals surface area contributed by atoms with Gasteiger partial charge in [-0.2, -0.15) is 0 Å². The van der Waals surface area contributed by atoms with Gasteiger partial charge in [0.1, 0.15) is 17.7 Å². The van der Waals surface area contributed by atoms with Crippen LogP contribution in [-0.4, -0.2) is 46.8 Å². The fraction of sp³-hybridized carbons (Fsp3) is 0.375. The number of halogens is 1. The fourth-order valence-electron chi connectivity index (χ4n) is 2.37. The van der Waals surface area contributed by atoms with Crippen LogP contribution in [0, 0.1) is 12.7 Å². The highest BCUT2D eigenvalue weighted by atomic mass is 19.1. The highest BCUT2D eigenvalue weighted by Crippen LogP contribution is 2.21. The molecule has 0 aliphatic carbocycles. The van der Waals surface area contributed by atoms with Crippen LogP contribution in [-0.2, 0) is 11.3 Å². The molecule has 1 atom stereocenters. The molecule has 22 heavy (non-hydrogen) atoms. The second kappa shape index (κ2) is 6.70. The van der Waals surface area contributed by atoms with E-state index in [1.807, 2.05) is 25.9 Å². The van der Waals surface area contributed by atoms with Gasteiger partial charge in [0.15, 0.2) is 0 Å². The van der Waals surface area contributed by atoms with Crippen LogP contribution in [0.25, 0.3) is 0 Å². The molecule has 0 fully saturated rings. The first-order valence-corrected chi connectivity index (χ1v) is 7.06. The smallest absolute Gasteiger partial charge is 0.244 e. The Morgan fingerprint density at radius 2 is 1.91 bits per heavy atom. The molecule has 1 amide bonds. The Bertz CT molecular complexity index is 636. The summed E-state index contributed by atoms with van der Waals surface area (Å²) < 4.78 is 13.1. The van der Waals surface area contributed by atoms with E-state index in [9.17, 15) is 9.18 Å². The molecule has 118 valence electrons. The third kappa shape index (κ3) is 3.71. The topological polar surface area (TPSA) is 52.2 Å². The molecule has 1 N–H and O–H groups in total. The number of likely N-dealkylation sites (N-methyl/N-ethyl adjacent to an activating group) is 2. The second-order valence-electron chi connectivity index (χ2n) is 5.62. The van der Waals surface area contributed by atoms with E-state index in [-0.39, 0.29) is 11.7 Å². The highest BCUT2D eigenvalue weighted by Gasteiger charge is 2.26. The fourth-order valence-corrected chi connectivity index (χ4v) is 2.37. The number of nitrogens with one attached hydrogen (secondary N) is 1. The van der Waals surface area contributed by atoms with Crippen molar-refractivity contribution in [1.29, 1.82) is 0 Å². The Morgan fingerprint density at radius 3 is 2.41 bits per heavy atom. The monoisotopic (exact) mass is 304 g/mol. The van der Waals surface area contributed by atoms with E-state index in [0.29, 0.717) is 6.54 Å². The number of aromatic nitrogens is 2. The Morgan fingerprint density at radius 1 is 1.27 bits per heavy atom. The molecule has 2 rings (SSSR count). The van der Waals surface area contributed by atoms with Crippen LogP contribution in [0.3, 0.4) is 0 Å². The summed E-state index contributed by atoms with van der Waals surface area (Å²) in [6.07, 6.45) is 1.73. The van der Waals surface area contributed by atoms with Gasteiger partial charge in [-0.1, -0.05) is 12.1 Å².